The van der Waals surface area contributed by atoms with Crippen LogP contribution in [0.2, 0.25) is 0 Å². The van der Waals surface area contributed by atoms with Crippen molar-refractivity contribution in [2.45, 2.75) is 52.5 Å². The summed E-state index contributed by atoms with van der Waals surface area (Å²) in [6.45, 7) is 7.15. The summed E-state index contributed by atoms with van der Waals surface area (Å²) in [7, 11) is 0. The van der Waals surface area contributed by atoms with Gasteiger partial charge in [0.15, 0.2) is 0 Å². The SMILES string of the molecule is CCC(=O)N1CC(CCCO)CC(NC(=O)C(C)C)C1. The first kappa shape index (κ1) is 17.0. The van der Waals surface area contributed by atoms with Crippen molar-refractivity contribution in [3.05, 3.63) is 0 Å². The molecule has 0 aromatic heterocycles. The van der Waals surface area contributed by atoms with Crippen LogP contribution in [0.15, 0.2) is 0 Å². The van der Waals surface area contributed by atoms with Crippen LogP contribution in [0.1, 0.15) is 46.5 Å². The Kier molecular flexibility index (Phi) is 6.99. The zero-order valence-electron chi connectivity index (χ0n) is 12.9. The fourth-order valence-corrected chi connectivity index (χ4v) is 2.69. The quantitative estimate of drug-likeness (QED) is 0.769. The van der Waals surface area contributed by atoms with Gasteiger partial charge >= 0.3 is 0 Å². The molecule has 1 saturated heterocycles. The topological polar surface area (TPSA) is 69.6 Å². The van der Waals surface area contributed by atoms with Gasteiger partial charge in [0, 0.05) is 38.1 Å². The zero-order valence-corrected chi connectivity index (χ0v) is 12.9. The molecule has 0 radical (unpaired) electrons. The van der Waals surface area contributed by atoms with Crippen molar-refractivity contribution < 1.29 is 14.7 Å². The molecule has 2 unspecified atom stereocenters. The molecule has 2 atom stereocenters. The first-order valence-corrected chi connectivity index (χ1v) is 7.66. The number of rotatable bonds is 6. The Morgan fingerprint density at radius 3 is 2.60 bits per heavy atom. The van der Waals surface area contributed by atoms with Crippen LogP contribution in [0.4, 0.5) is 0 Å². The van der Waals surface area contributed by atoms with Gasteiger partial charge in [0.2, 0.25) is 11.8 Å². The lowest BCUT2D eigenvalue weighted by molar-refractivity contribution is -0.134. The Morgan fingerprint density at radius 2 is 2.05 bits per heavy atom. The van der Waals surface area contributed by atoms with E-state index >= 15 is 0 Å². The second-order valence-corrected chi connectivity index (χ2v) is 5.98. The Bertz CT molecular complexity index is 331. The van der Waals surface area contributed by atoms with Crippen LogP contribution in [0, 0.1) is 11.8 Å². The van der Waals surface area contributed by atoms with Gasteiger partial charge in [-0.15, -0.1) is 0 Å². The molecular formula is C15H28N2O3. The van der Waals surface area contributed by atoms with E-state index in [9.17, 15) is 9.59 Å². The van der Waals surface area contributed by atoms with Crippen LogP contribution in [0.5, 0.6) is 0 Å². The first-order valence-electron chi connectivity index (χ1n) is 7.66. The minimum Gasteiger partial charge on any atom is -0.396 e. The molecule has 116 valence electrons. The summed E-state index contributed by atoms with van der Waals surface area (Å²) in [6.07, 6.45) is 3.05. The number of piperidine rings is 1. The molecule has 5 nitrogen and oxygen atoms in total. The molecule has 2 amide bonds. The average molecular weight is 284 g/mol. The van der Waals surface area contributed by atoms with Crippen molar-refractivity contribution in [2.24, 2.45) is 11.8 Å². The number of likely N-dealkylation sites (tertiary alicyclic amines) is 1. The molecule has 1 fully saturated rings. The maximum Gasteiger partial charge on any atom is 0.222 e. The lowest BCUT2D eigenvalue weighted by atomic mass is 9.90. The summed E-state index contributed by atoms with van der Waals surface area (Å²) in [5.74, 6) is 0.510. The summed E-state index contributed by atoms with van der Waals surface area (Å²) >= 11 is 0. The number of carbonyl (C=O) groups excluding carboxylic acids is 2. The maximum absolute atomic E-state index is 11.9. The average Bonchev–Trinajstić information content (AvgIpc) is 2.43. The number of nitrogens with zero attached hydrogens (tertiary/aromatic N) is 1. The summed E-state index contributed by atoms with van der Waals surface area (Å²) in [4.78, 5) is 25.6. The number of aliphatic hydroxyl groups excluding tert-OH is 1. The van der Waals surface area contributed by atoms with Gasteiger partial charge in [0.1, 0.15) is 0 Å². The van der Waals surface area contributed by atoms with E-state index in [-0.39, 0.29) is 30.4 Å². The van der Waals surface area contributed by atoms with E-state index in [2.05, 4.69) is 5.32 Å². The molecule has 0 aromatic rings. The summed E-state index contributed by atoms with van der Waals surface area (Å²) in [5.41, 5.74) is 0. The van der Waals surface area contributed by atoms with Gasteiger partial charge in [0.05, 0.1) is 0 Å². The third-order valence-corrected chi connectivity index (χ3v) is 3.83. The van der Waals surface area contributed by atoms with Gasteiger partial charge in [-0.1, -0.05) is 20.8 Å². The van der Waals surface area contributed by atoms with Gasteiger partial charge in [0.25, 0.3) is 0 Å². The number of carbonyl (C=O) groups is 2. The Labute approximate surface area is 121 Å². The monoisotopic (exact) mass is 284 g/mol. The van der Waals surface area contributed by atoms with Gasteiger partial charge in [-0.2, -0.15) is 0 Å². The predicted octanol–water partition coefficient (Wildman–Crippen LogP) is 1.16. The van der Waals surface area contributed by atoms with Crippen LogP contribution >= 0.6 is 0 Å². The number of aliphatic hydroxyl groups is 1. The fourth-order valence-electron chi connectivity index (χ4n) is 2.69. The number of nitrogens with one attached hydrogen (secondary N) is 1. The standard InChI is InChI=1S/C15H28N2O3/c1-4-14(19)17-9-12(6-5-7-18)8-13(10-17)16-15(20)11(2)3/h11-13,18H,4-10H2,1-3H3,(H,16,20). The highest BCUT2D eigenvalue weighted by atomic mass is 16.3. The second-order valence-electron chi connectivity index (χ2n) is 5.98. The first-order chi connectivity index (χ1) is 9.47. The number of hydrogen-bond acceptors (Lipinski definition) is 3. The highest BCUT2D eigenvalue weighted by Gasteiger charge is 2.30. The minimum atomic E-state index is -0.0388. The zero-order chi connectivity index (χ0) is 15.1. The van der Waals surface area contributed by atoms with E-state index < -0.39 is 0 Å². The molecule has 1 aliphatic heterocycles. The normalized spacial score (nSPS) is 22.9. The minimum absolute atomic E-state index is 0.0388. The predicted molar refractivity (Wildman–Crippen MR) is 78.1 cm³/mol. The van der Waals surface area contributed by atoms with E-state index in [4.69, 9.17) is 5.11 Å². The van der Waals surface area contributed by atoms with Gasteiger partial charge in [-0.3, -0.25) is 9.59 Å². The highest BCUT2D eigenvalue weighted by Crippen LogP contribution is 2.22. The summed E-state index contributed by atoms with van der Waals surface area (Å²) < 4.78 is 0. The fraction of sp³-hybridized carbons (Fsp3) is 0.867. The summed E-state index contributed by atoms with van der Waals surface area (Å²) in [6, 6.07) is 0.0397. The molecule has 20 heavy (non-hydrogen) atoms. The Morgan fingerprint density at radius 1 is 1.35 bits per heavy atom. The van der Waals surface area contributed by atoms with E-state index in [1.54, 1.807) is 0 Å². The molecule has 2 N–H and O–H groups in total. The number of amides is 2. The molecule has 1 rings (SSSR count). The van der Waals surface area contributed by atoms with Crippen molar-refractivity contribution in [1.82, 2.24) is 10.2 Å². The molecule has 5 heteroatoms. The van der Waals surface area contributed by atoms with Crippen molar-refractivity contribution in [3.8, 4) is 0 Å². The van der Waals surface area contributed by atoms with E-state index in [0.29, 0.717) is 18.9 Å². The highest BCUT2D eigenvalue weighted by molar-refractivity contribution is 5.79. The van der Waals surface area contributed by atoms with Crippen molar-refractivity contribution in [3.63, 3.8) is 0 Å². The van der Waals surface area contributed by atoms with Gasteiger partial charge < -0.3 is 15.3 Å². The van der Waals surface area contributed by atoms with Crippen LogP contribution in [0.25, 0.3) is 0 Å². The second kappa shape index (κ2) is 8.25. The molecule has 0 aromatic carbocycles. The van der Waals surface area contributed by atoms with Crippen LogP contribution < -0.4 is 5.32 Å². The summed E-state index contributed by atoms with van der Waals surface area (Å²) in [5, 5.41) is 12.0. The van der Waals surface area contributed by atoms with E-state index in [0.717, 1.165) is 25.8 Å². The maximum atomic E-state index is 11.9. The molecule has 0 saturated carbocycles. The van der Waals surface area contributed by atoms with Gasteiger partial charge in [-0.05, 0) is 25.2 Å². The van der Waals surface area contributed by atoms with Crippen LogP contribution in [-0.4, -0.2) is 47.6 Å². The molecule has 1 heterocycles. The Balaban J connectivity index is 2.63. The third kappa shape index (κ3) is 5.12. The molecule has 0 aliphatic carbocycles. The van der Waals surface area contributed by atoms with Crippen molar-refractivity contribution >= 4 is 11.8 Å². The van der Waals surface area contributed by atoms with Crippen LogP contribution in [-0.2, 0) is 9.59 Å². The number of hydrogen-bond donors (Lipinski definition) is 2. The molecule has 1 aliphatic rings. The van der Waals surface area contributed by atoms with Gasteiger partial charge in [-0.25, -0.2) is 0 Å². The lowest BCUT2D eigenvalue weighted by Gasteiger charge is -2.38. The Hall–Kier alpha value is -1.10. The molecule has 0 bridgehead atoms. The largest absolute Gasteiger partial charge is 0.396 e. The van der Waals surface area contributed by atoms with E-state index in [1.165, 1.54) is 0 Å². The van der Waals surface area contributed by atoms with Crippen LogP contribution in [0.3, 0.4) is 0 Å². The smallest absolute Gasteiger partial charge is 0.222 e. The molecule has 0 spiro atoms. The van der Waals surface area contributed by atoms with E-state index in [1.807, 2.05) is 25.7 Å². The van der Waals surface area contributed by atoms with Crippen molar-refractivity contribution in [1.29, 1.82) is 0 Å². The molecular weight excluding hydrogens is 256 g/mol. The van der Waals surface area contributed by atoms with Crippen molar-refractivity contribution in [2.75, 3.05) is 19.7 Å². The lowest BCUT2D eigenvalue weighted by Crippen LogP contribution is -2.53. The third-order valence-electron chi connectivity index (χ3n) is 3.83.